The SMILES string of the molecule is CCOC(=O)[C@@H]1[C@H](O)C[C@H](c2ccccc2)N1c1ccc(OC)cc1. The lowest BCUT2D eigenvalue weighted by Gasteiger charge is -2.32. The van der Waals surface area contributed by atoms with Gasteiger partial charge < -0.3 is 19.5 Å². The molecule has 0 aromatic heterocycles. The van der Waals surface area contributed by atoms with Crippen LogP contribution >= 0.6 is 0 Å². The van der Waals surface area contributed by atoms with E-state index in [1.54, 1.807) is 14.0 Å². The number of carbonyl (C=O) groups excluding carboxylic acids is 1. The molecule has 5 heteroatoms. The molecule has 0 saturated carbocycles. The highest BCUT2D eigenvalue weighted by atomic mass is 16.5. The Morgan fingerprint density at radius 3 is 2.44 bits per heavy atom. The number of rotatable bonds is 5. The van der Waals surface area contributed by atoms with Gasteiger partial charge in [-0.1, -0.05) is 30.3 Å². The fraction of sp³-hybridized carbons (Fsp3) is 0.350. The zero-order chi connectivity index (χ0) is 17.8. The second kappa shape index (κ2) is 7.57. The second-order valence-corrected chi connectivity index (χ2v) is 6.03. The number of methoxy groups -OCH3 is 1. The van der Waals surface area contributed by atoms with Crippen molar-refractivity contribution in [2.75, 3.05) is 18.6 Å². The molecule has 1 fully saturated rings. The summed E-state index contributed by atoms with van der Waals surface area (Å²) < 4.78 is 10.4. The number of hydrogen-bond donors (Lipinski definition) is 1. The number of benzene rings is 2. The van der Waals surface area contributed by atoms with Gasteiger partial charge in [0.15, 0.2) is 6.04 Å². The van der Waals surface area contributed by atoms with Gasteiger partial charge in [0.2, 0.25) is 0 Å². The molecule has 1 saturated heterocycles. The van der Waals surface area contributed by atoms with Crippen LogP contribution in [0.5, 0.6) is 5.75 Å². The van der Waals surface area contributed by atoms with E-state index in [9.17, 15) is 9.90 Å². The topological polar surface area (TPSA) is 59.0 Å². The normalized spacial score (nSPS) is 22.7. The summed E-state index contributed by atoms with van der Waals surface area (Å²) >= 11 is 0. The summed E-state index contributed by atoms with van der Waals surface area (Å²) in [7, 11) is 1.61. The van der Waals surface area contributed by atoms with E-state index in [-0.39, 0.29) is 12.6 Å². The van der Waals surface area contributed by atoms with Crippen molar-refractivity contribution in [2.24, 2.45) is 0 Å². The van der Waals surface area contributed by atoms with Gasteiger partial charge in [-0.15, -0.1) is 0 Å². The first kappa shape index (κ1) is 17.3. The van der Waals surface area contributed by atoms with Crippen LogP contribution in [0.25, 0.3) is 0 Å². The fourth-order valence-corrected chi connectivity index (χ4v) is 3.42. The van der Waals surface area contributed by atoms with E-state index in [4.69, 9.17) is 9.47 Å². The number of hydrogen-bond acceptors (Lipinski definition) is 5. The standard InChI is InChI=1S/C20H23NO4/c1-3-25-20(23)19-18(22)13-17(14-7-5-4-6-8-14)21(19)15-9-11-16(24-2)12-10-15/h4-12,17-19,22H,3,13H2,1-2H3/t17-,18-,19+/m1/s1. The monoisotopic (exact) mass is 341 g/mol. The van der Waals surface area contributed by atoms with Crippen molar-refractivity contribution >= 4 is 11.7 Å². The molecule has 1 N–H and O–H groups in total. The molecule has 2 aromatic rings. The van der Waals surface area contributed by atoms with Gasteiger partial charge in [0.25, 0.3) is 0 Å². The van der Waals surface area contributed by atoms with Crippen LogP contribution in [-0.4, -0.2) is 36.9 Å². The van der Waals surface area contributed by atoms with Crippen LogP contribution in [0.2, 0.25) is 0 Å². The Kier molecular flexibility index (Phi) is 5.24. The minimum Gasteiger partial charge on any atom is -0.497 e. The Hall–Kier alpha value is -2.53. The van der Waals surface area contributed by atoms with E-state index in [2.05, 4.69) is 0 Å². The number of aliphatic hydroxyl groups is 1. The summed E-state index contributed by atoms with van der Waals surface area (Å²) in [4.78, 5) is 14.4. The van der Waals surface area contributed by atoms with Crippen LogP contribution in [0.1, 0.15) is 24.9 Å². The Labute approximate surface area is 147 Å². The molecule has 5 nitrogen and oxygen atoms in total. The van der Waals surface area contributed by atoms with Crippen LogP contribution in [-0.2, 0) is 9.53 Å². The largest absolute Gasteiger partial charge is 0.497 e. The maximum absolute atomic E-state index is 12.5. The summed E-state index contributed by atoms with van der Waals surface area (Å²) in [5, 5.41) is 10.6. The molecule has 0 radical (unpaired) electrons. The summed E-state index contributed by atoms with van der Waals surface area (Å²) in [6.07, 6.45) is -0.314. The number of carbonyl (C=O) groups is 1. The Morgan fingerprint density at radius 2 is 1.84 bits per heavy atom. The molecular formula is C20H23NO4. The maximum Gasteiger partial charge on any atom is 0.331 e. The van der Waals surface area contributed by atoms with Gasteiger partial charge in [0.1, 0.15) is 5.75 Å². The lowest BCUT2D eigenvalue weighted by molar-refractivity contribution is -0.146. The lowest BCUT2D eigenvalue weighted by Crippen LogP contribution is -2.43. The van der Waals surface area contributed by atoms with Crippen molar-refractivity contribution in [1.29, 1.82) is 0 Å². The molecule has 25 heavy (non-hydrogen) atoms. The van der Waals surface area contributed by atoms with Crippen molar-refractivity contribution in [3.05, 3.63) is 60.2 Å². The Morgan fingerprint density at radius 1 is 1.16 bits per heavy atom. The summed E-state index contributed by atoms with van der Waals surface area (Å²) in [6.45, 7) is 2.06. The Bertz CT molecular complexity index is 701. The van der Waals surface area contributed by atoms with E-state index in [0.717, 1.165) is 17.0 Å². The van der Waals surface area contributed by atoms with Crippen LogP contribution < -0.4 is 9.64 Å². The highest BCUT2D eigenvalue weighted by Crippen LogP contribution is 2.41. The van der Waals surface area contributed by atoms with Crippen molar-refractivity contribution in [3.63, 3.8) is 0 Å². The van der Waals surface area contributed by atoms with E-state index in [1.807, 2.05) is 59.5 Å². The summed E-state index contributed by atoms with van der Waals surface area (Å²) in [5.74, 6) is 0.344. The second-order valence-electron chi connectivity index (χ2n) is 6.03. The van der Waals surface area contributed by atoms with Gasteiger partial charge in [-0.2, -0.15) is 0 Å². The molecule has 1 heterocycles. The fourth-order valence-electron chi connectivity index (χ4n) is 3.42. The third kappa shape index (κ3) is 3.46. The lowest BCUT2D eigenvalue weighted by atomic mass is 10.0. The third-order valence-electron chi connectivity index (χ3n) is 4.55. The van der Waals surface area contributed by atoms with Gasteiger partial charge >= 0.3 is 5.97 Å². The predicted octanol–water partition coefficient (Wildman–Crippen LogP) is 2.94. The first-order valence-electron chi connectivity index (χ1n) is 8.47. The molecule has 1 aliphatic rings. The Balaban J connectivity index is 2.01. The minimum atomic E-state index is -0.786. The zero-order valence-electron chi connectivity index (χ0n) is 14.5. The molecule has 0 unspecified atom stereocenters. The van der Waals surface area contributed by atoms with Crippen LogP contribution in [0.15, 0.2) is 54.6 Å². The molecule has 132 valence electrons. The number of nitrogens with zero attached hydrogens (tertiary/aromatic N) is 1. The highest BCUT2D eigenvalue weighted by molar-refractivity contribution is 5.82. The molecule has 0 amide bonds. The van der Waals surface area contributed by atoms with Crippen LogP contribution in [0.4, 0.5) is 5.69 Å². The maximum atomic E-state index is 12.5. The van der Waals surface area contributed by atoms with E-state index < -0.39 is 18.1 Å². The molecular weight excluding hydrogens is 318 g/mol. The minimum absolute atomic E-state index is 0.0981. The van der Waals surface area contributed by atoms with Crippen molar-refractivity contribution in [2.45, 2.75) is 31.5 Å². The number of ether oxygens (including phenoxy) is 2. The number of esters is 1. The van der Waals surface area contributed by atoms with E-state index in [1.165, 1.54) is 0 Å². The average molecular weight is 341 g/mol. The zero-order valence-corrected chi connectivity index (χ0v) is 14.5. The van der Waals surface area contributed by atoms with Crippen molar-refractivity contribution in [3.8, 4) is 5.75 Å². The number of anilines is 1. The quantitative estimate of drug-likeness (QED) is 0.848. The van der Waals surface area contributed by atoms with Crippen molar-refractivity contribution in [1.82, 2.24) is 0 Å². The van der Waals surface area contributed by atoms with Gasteiger partial charge in [-0.05, 0) is 36.8 Å². The third-order valence-corrected chi connectivity index (χ3v) is 4.55. The molecule has 0 aliphatic carbocycles. The van der Waals surface area contributed by atoms with E-state index >= 15 is 0 Å². The van der Waals surface area contributed by atoms with Crippen LogP contribution in [0, 0.1) is 0 Å². The summed E-state index contributed by atoms with van der Waals surface area (Å²) in [5.41, 5.74) is 1.91. The predicted molar refractivity (Wildman–Crippen MR) is 95.7 cm³/mol. The smallest absolute Gasteiger partial charge is 0.331 e. The van der Waals surface area contributed by atoms with E-state index in [0.29, 0.717) is 6.42 Å². The molecule has 3 rings (SSSR count). The molecule has 0 spiro atoms. The average Bonchev–Trinajstić information content (AvgIpc) is 3.00. The highest BCUT2D eigenvalue weighted by Gasteiger charge is 2.46. The molecule has 2 aromatic carbocycles. The van der Waals surface area contributed by atoms with Gasteiger partial charge in [-0.3, -0.25) is 0 Å². The summed E-state index contributed by atoms with van der Waals surface area (Å²) in [6, 6.07) is 16.6. The van der Waals surface area contributed by atoms with Crippen LogP contribution in [0.3, 0.4) is 0 Å². The van der Waals surface area contributed by atoms with Gasteiger partial charge in [0.05, 0.1) is 25.9 Å². The first-order chi connectivity index (χ1) is 12.2. The van der Waals surface area contributed by atoms with Gasteiger partial charge in [0, 0.05) is 12.1 Å². The first-order valence-corrected chi connectivity index (χ1v) is 8.47. The molecule has 3 atom stereocenters. The van der Waals surface area contributed by atoms with Gasteiger partial charge in [-0.25, -0.2) is 4.79 Å². The number of aliphatic hydroxyl groups excluding tert-OH is 1. The molecule has 0 bridgehead atoms. The molecule has 1 aliphatic heterocycles. The van der Waals surface area contributed by atoms with Crippen molar-refractivity contribution < 1.29 is 19.4 Å².